The highest BCUT2D eigenvalue weighted by atomic mass is 79.9. The van der Waals surface area contributed by atoms with Gasteiger partial charge in [-0.05, 0) is 35.4 Å². The van der Waals surface area contributed by atoms with Crippen LogP contribution in [0.1, 0.15) is 29.0 Å². The van der Waals surface area contributed by atoms with E-state index in [0.717, 1.165) is 21.7 Å². The van der Waals surface area contributed by atoms with Crippen LogP contribution in [0.3, 0.4) is 0 Å². The van der Waals surface area contributed by atoms with Gasteiger partial charge in [-0.15, -0.1) is 0 Å². The Kier molecular flexibility index (Phi) is 7.38. The molecule has 1 heterocycles. The van der Waals surface area contributed by atoms with Crippen molar-refractivity contribution in [1.82, 2.24) is 4.98 Å². The number of carbonyl (C=O) groups excluding carboxylic acids is 1. The van der Waals surface area contributed by atoms with E-state index in [2.05, 4.69) is 20.9 Å². The number of hydrogen-bond acceptors (Lipinski definition) is 4. The standard InChI is InChI=1S/C28H22BrF2NO3/c1-35-27-22(16-20(17-32-27)18-10-12-21(29)13-11-18)25(19-6-3-2-4-7-19)28(34,14-15-33)23-8-5-9-24(30)26(23)31/h2-13,15-17,25,34H,14H2,1H3. The summed E-state index contributed by atoms with van der Waals surface area (Å²) in [5, 5.41) is 12.0. The van der Waals surface area contributed by atoms with E-state index in [-0.39, 0.29) is 11.4 Å². The Morgan fingerprint density at radius 2 is 1.74 bits per heavy atom. The van der Waals surface area contributed by atoms with Crippen LogP contribution in [-0.2, 0) is 10.4 Å². The highest BCUT2D eigenvalue weighted by Crippen LogP contribution is 2.47. The average molecular weight is 538 g/mol. The molecule has 0 aliphatic rings. The number of halogens is 3. The van der Waals surface area contributed by atoms with Gasteiger partial charge in [0, 0.05) is 39.7 Å². The second kappa shape index (κ2) is 10.5. The van der Waals surface area contributed by atoms with Gasteiger partial charge >= 0.3 is 0 Å². The van der Waals surface area contributed by atoms with Crippen molar-refractivity contribution in [3.63, 3.8) is 0 Å². The molecule has 1 aromatic heterocycles. The molecule has 4 aromatic rings. The van der Waals surface area contributed by atoms with Crippen molar-refractivity contribution in [2.45, 2.75) is 17.9 Å². The number of rotatable bonds is 8. The molecule has 0 aliphatic heterocycles. The van der Waals surface area contributed by atoms with Crippen molar-refractivity contribution in [1.29, 1.82) is 0 Å². The van der Waals surface area contributed by atoms with Gasteiger partial charge in [-0.25, -0.2) is 13.8 Å². The molecule has 0 saturated heterocycles. The summed E-state index contributed by atoms with van der Waals surface area (Å²) in [7, 11) is 1.44. The fourth-order valence-electron chi connectivity index (χ4n) is 4.35. The lowest BCUT2D eigenvalue weighted by Gasteiger charge is -2.37. The van der Waals surface area contributed by atoms with Crippen molar-refractivity contribution in [3.05, 3.63) is 118 Å². The van der Waals surface area contributed by atoms with Gasteiger partial charge < -0.3 is 14.6 Å². The predicted octanol–water partition coefficient (Wildman–Crippen LogP) is 6.41. The molecular formula is C28H22BrF2NO3. The molecule has 178 valence electrons. The molecule has 0 amide bonds. The van der Waals surface area contributed by atoms with E-state index in [1.807, 2.05) is 24.3 Å². The van der Waals surface area contributed by atoms with E-state index in [1.54, 1.807) is 42.6 Å². The van der Waals surface area contributed by atoms with Gasteiger partial charge in [-0.3, -0.25) is 0 Å². The molecule has 7 heteroatoms. The van der Waals surface area contributed by atoms with E-state index in [1.165, 1.54) is 19.2 Å². The molecule has 0 spiro atoms. The van der Waals surface area contributed by atoms with Crippen LogP contribution in [0, 0.1) is 11.6 Å². The number of benzene rings is 3. The average Bonchev–Trinajstić information content (AvgIpc) is 2.87. The summed E-state index contributed by atoms with van der Waals surface area (Å²) in [6, 6.07) is 21.8. The maximum absolute atomic E-state index is 15.1. The lowest BCUT2D eigenvalue weighted by Crippen LogP contribution is -2.36. The minimum Gasteiger partial charge on any atom is -0.481 e. The summed E-state index contributed by atoms with van der Waals surface area (Å²) < 4.78 is 35.8. The van der Waals surface area contributed by atoms with Gasteiger partial charge in [0.25, 0.3) is 0 Å². The minimum atomic E-state index is -2.14. The number of aromatic nitrogens is 1. The van der Waals surface area contributed by atoms with Crippen molar-refractivity contribution < 1.29 is 23.4 Å². The zero-order valence-electron chi connectivity index (χ0n) is 18.8. The van der Waals surface area contributed by atoms with Gasteiger partial charge in [0.15, 0.2) is 11.6 Å². The van der Waals surface area contributed by atoms with Crippen molar-refractivity contribution in [2.24, 2.45) is 0 Å². The highest BCUT2D eigenvalue weighted by Gasteiger charge is 2.44. The predicted molar refractivity (Wildman–Crippen MR) is 133 cm³/mol. The fraction of sp³-hybridized carbons (Fsp3) is 0.143. The monoisotopic (exact) mass is 537 g/mol. The SMILES string of the molecule is COc1ncc(-c2ccc(Br)cc2)cc1C(c1ccccc1)C(O)(CC=O)c1cccc(F)c1F. The lowest BCUT2D eigenvalue weighted by atomic mass is 9.71. The fourth-order valence-corrected chi connectivity index (χ4v) is 4.62. The number of aliphatic hydroxyl groups is 1. The summed E-state index contributed by atoms with van der Waals surface area (Å²) >= 11 is 3.42. The minimum absolute atomic E-state index is 0.195. The normalized spacial score (nSPS) is 13.6. The first-order valence-electron chi connectivity index (χ1n) is 10.8. The van der Waals surface area contributed by atoms with Crippen molar-refractivity contribution >= 4 is 22.2 Å². The van der Waals surface area contributed by atoms with Crippen LogP contribution in [0.15, 0.2) is 89.5 Å². The van der Waals surface area contributed by atoms with Crippen LogP contribution < -0.4 is 4.74 Å². The Balaban J connectivity index is 2.02. The Bertz CT molecular complexity index is 1330. The van der Waals surface area contributed by atoms with Crippen LogP contribution in [0.4, 0.5) is 8.78 Å². The maximum Gasteiger partial charge on any atom is 0.217 e. The first-order chi connectivity index (χ1) is 16.9. The molecule has 2 unspecified atom stereocenters. The number of nitrogens with zero attached hydrogens (tertiary/aromatic N) is 1. The number of carbonyl (C=O) groups is 1. The van der Waals surface area contributed by atoms with E-state index in [4.69, 9.17) is 4.74 Å². The van der Waals surface area contributed by atoms with Gasteiger partial charge in [-0.1, -0.05) is 70.5 Å². The zero-order chi connectivity index (χ0) is 25.0. The molecule has 35 heavy (non-hydrogen) atoms. The van der Waals surface area contributed by atoms with Gasteiger partial charge in [0.1, 0.15) is 11.9 Å². The molecule has 4 nitrogen and oxygen atoms in total. The van der Waals surface area contributed by atoms with Crippen LogP contribution in [-0.4, -0.2) is 23.5 Å². The molecule has 4 rings (SSSR count). The third kappa shape index (κ3) is 4.88. The van der Waals surface area contributed by atoms with Gasteiger partial charge in [0.2, 0.25) is 5.88 Å². The van der Waals surface area contributed by atoms with E-state index < -0.39 is 29.6 Å². The summed E-state index contributed by atoms with van der Waals surface area (Å²) in [6.07, 6.45) is 1.65. The summed E-state index contributed by atoms with van der Waals surface area (Å²) in [6.45, 7) is 0. The number of hydrogen-bond donors (Lipinski definition) is 1. The Morgan fingerprint density at radius 3 is 2.40 bits per heavy atom. The summed E-state index contributed by atoms with van der Waals surface area (Å²) in [5.74, 6) is -3.15. The largest absolute Gasteiger partial charge is 0.481 e. The Hall–Kier alpha value is -3.42. The van der Waals surface area contributed by atoms with E-state index in [9.17, 15) is 14.3 Å². The third-order valence-corrected chi connectivity index (χ3v) is 6.51. The van der Waals surface area contributed by atoms with E-state index >= 15 is 4.39 Å². The first-order valence-corrected chi connectivity index (χ1v) is 11.6. The van der Waals surface area contributed by atoms with Gasteiger partial charge in [0.05, 0.1) is 7.11 Å². The smallest absolute Gasteiger partial charge is 0.217 e. The molecule has 1 N–H and O–H groups in total. The van der Waals surface area contributed by atoms with Gasteiger partial charge in [-0.2, -0.15) is 0 Å². The maximum atomic E-state index is 15.1. The molecule has 0 bridgehead atoms. The number of pyridine rings is 1. The van der Waals surface area contributed by atoms with Crippen LogP contribution in [0.2, 0.25) is 0 Å². The Morgan fingerprint density at radius 1 is 1.03 bits per heavy atom. The topological polar surface area (TPSA) is 59.4 Å². The highest BCUT2D eigenvalue weighted by molar-refractivity contribution is 9.10. The summed E-state index contributed by atoms with van der Waals surface area (Å²) in [5.41, 5.74) is 0.118. The summed E-state index contributed by atoms with van der Waals surface area (Å²) in [4.78, 5) is 16.3. The molecule has 2 atom stereocenters. The molecule has 0 fully saturated rings. The quantitative estimate of drug-likeness (QED) is 0.264. The van der Waals surface area contributed by atoms with Crippen LogP contribution in [0.25, 0.3) is 11.1 Å². The Labute approximate surface area is 210 Å². The molecule has 0 aliphatic carbocycles. The van der Waals surface area contributed by atoms with Crippen LogP contribution in [0.5, 0.6) is 5.88 Å². The lowest BCUT2D eigenvalue weighted by molar-refractivity contribution is -0.113. The van der Waals surface area contributed by atoms with E-state index in [0.29, 0.717) is 17.4 Å². The second-order valence-electron chi connectivity index (χ2n) is 8.07. The second-order valence-corrected chi connectivity index (χ2v) is 8.99. The van der Waals surface area contributed by atoms with Crippen molar-refractivity contribution in [3.8, 4) is 17.0 Å². The molecule has 0 radical (unpaired) electrons. The third-order valence-electron chi connectivity index (χ3n) is 5.98. The van der Waals surface area contributed by atoms with Crippen LogP contribution >= 0.6 is 15.9 Å². The first kappa shape index (κ1) is 24.7. The number of aldehydes is 1. The molecule has 0 saturated carbocycles. The molecule has 3 aromatic carbocycles. The number of ether oxygens (including phenoxy) is 1. The van der Waals surface area contributed by atoms with Crippen molar-refractivity contribution in [2.75, 3.05) is 7.11 Å². The number of methoxy groups -OCH3 is 1. The molecular weight excluding hydrogens is 516 g/mol. The zero-order valence-corrected chi connectivity index (χ0v) is 20.4.